The number of amides is 1. The summed E-state index contributed by atoms with van der Waals surface area (Å²) >= 11 is 0. The standard InChI is InChI=1S/C22H23NO/c24-22(15-7-2-1-3-8-15)23-20-12-5-4-11-18(20)19-13-16-9-6-10-17(16)14-21(19)23/h1-5,7-8,11-12,16-17,19,21H,6,9-10,13-14H2. The van der Waals surface area contributed by atoms with Crippen LogP contribution in [0, 0.1) is 11.8 Å². The number of anilines is 1. The second-order valence-corrected chi connectivity index (χ2v) is 7.70. The van der Waals surface area contributed by atoms with E-state index in [4.69, 9.17) is 0 Å². The predicted molar refractivity (Wildman–Crippen MR) is 96.3 cm³/mol. The molecule has 2 nitrogen and oxygen atoms in total. The van der Waals surface area contributed by atoms with Crippen molar-refractivity contribution in [1.82, 2.24) is 0 Å². The summed E-state index contributed by atoms with van der Waals surface area (Å²) in [6.07, 6.45) is 6.58. The third-order valence-electron chi connectivity index (χ3n) is 6.55. The molecule has 2 heteroatoms. The van der Waals surface area contributed by atoms with E-state index < -0.39 is 0 Å². The third-order valence-corrected chi connectivity index (χ3v) is 6.55. The van der Waals surface area contributed by atoms with Crippen molar-refractivity contribution >= 4 is 11.6 Å². The summed E-state index contributed by atoms with van der Waals surface area (Å²) in [6.45, 7) is 0. The molecule has 4 unspecified atom stereocenters. The van der Waals surface area contributed by atoms with Gasteiger partial charge in [-0.1, -0.05) is 55.7 Å². The first-order chi connectivity index (χ1) is 11.8. The summed E-state index contributed by atoms with van der Waals surface area (Å²) < 4.78 is 0. The number of benzene rings is 2. The Bertz CT molecular complexity index is 769. The van der Waals surface area contributed by atoms with E-state index in [-0.39, 0.29) is 5.91 Å². The molecule has 5 rings (SSSR count). The van der Waals surface area contributed by atoms with Gasteiger partial charge in [-0.15, -0.1) is 0 Å². The fraction of sp³-hybridized carbons (Fsp3) is 0.409. The van der Waals surface area contributed by atoms with E-state index in [1.807, 2.05) is 30.3 Å². The van der Waals surface area contributed by atoms with Crippen LogP contribution in [0.25, 0.3) is 0 Å². The van der Waals surface area contributed by atoms with Gasteiger partial charge in [-0.3, -0.25) is 4.79 Å². The Morgan fingerprint density at radius 1 is 0.875 bits per heavy atom. The highest BCUT2D eigenvalue weighted by molar-refractivity contribution is 6.08. The Morgan fingerprint density at radius 2 is 1.58 bits per heavy atom. The zero-order valence-electron chi connectivity index (χ0n) is 13.9. The molecular formula is C22H23NO. The fourth-order valence-electron chi connectivity index (χ4n) is 5.49. The average molecular weight is 317 g/mol. The fourth-order valence-corrected chi connectivity index (χ4v) is 5.49. The van der Waals surface area contributed by atoms with E-state index in [0.717, 1.165) is 23.1 Å². The van der Waals surface area contributed by atoms with Gasteiger partial charge in [0.05, 0.1) is 0 Å². The lowest BCUT2D eigenvalue weighted by Crippen LogP contribution is -2.43. The van der Waals surface area contributed by atoms with Gasteiger partial charge in [0.1, 0.15) is 0 Å². The molecule has 0 aromatic heterocycles. The van der Waals surface area contributed by atoms with E-state index >= 15 is 0 Å². The molecule has 0 spiro atoms. The normalized spacial score (nSPS) is 30.6. The van der Waals surface area contributed by atoms with Crippen molar-refractivity contribution in [3.05, 3.63) is 65.7 Å². The molecule has 1 amide bonds. The Morgan fingerprint density at radius 3 is 2.42 bits per heavy atom. The summed E-state index contributed by atoms with van der Waals surface area (Å²) in [5.74, 6) is 2.41. The van der Waals surface area contributed by atoms with Gasteiger partial charge in [0, 0.05) is 23.2 Å². The monoisotopic (exact) mass is 317 g/mol. The molecule has 122 valence electrons. The number of carbonyl (C=O) groups is 1. The van der Waals surface area contributed by atoms with Crippen molar-refractivity contribution in [2.45, 2.75) is 44.1 Å². The molecule has 1 aliphatic heterocycles. The summed E-state index contributed by atoms with van der Waals surface area (Å²) in [6, 6.07) is 18.7. The van der Waals surface area contributed by atoms with Gasteiger partial charge in [-0.25, -0.2) is 0 Å². The summed E-state index contributed by atoms with van der Waals surface area (Å²) in [5, 5.41) is 0. The lowest BCUT2D eigenvalue weighted by atomic mass is 9.72. The van der Waals surface area contributed by atoms with Crippen LogP contribution in [0.3, 0.4) is 0 Å². The second kappa shape index (κ2) is 5.47. The molecule has 2 aromatic carbocycles. The van der Waals surface area contributed by atoms with Crippen LogP contribution >= 0.6 is 0 Å². The molecule has 4 atom stereocenters. The van der Waals surface area contributed by atoms with Gasteiger partial charge in [0.15, 0.2) is 0 Å². The van der Waals surface area contributed by atoms with Crippen molar-refractivity contribution in [3.63, 3.8) is 0 Å². The number of carbonyl (C=O) groups excluding carboxylic acids is 1. The topological polar surface area (TPSA) is 20.3 Å². The number of hydrogen-bond acceptors (Lipinski definition) is 1. The molecule has 3 aliphatic rings. The van der Waals surface area contributed by atoms with Crippen molar-refractivity contribution in [2.75, 3.05) is 4.90 Å². The number of fused-ring (bicyclic) bond motifs is 4. The minimum atomic E-state index is 0.173. The molecule has 2 aliphatic carbocycles. The molecule has 1 heterocycles. The first kappa shape index (κ1) is 14.3. The molecule has 0 bridgehead atoms. The first-order valence-electron chi connectivity index (χ1n) is 9.30. The predicted octanol–water partition coefficient (Wildman–Crippen LogP) is 5.01. The maximum absolute atomic E-state index is 13.3. The van der Waals surface area contributed by atoms with Crippen molar-refractivity contribution in [1.29, 1.82) is 0 Å². The number of nitrogens with zero attached hydrogens (tertiary/aromatic N) is 1. The van der Waals surface area contributed by atoms with E-state index in [1.54, 1.807) is 0 Å². The van der Waals surface area contributed by atoms with Gasteiger partial charge in [0.2, 0.25) is 0 Å². The van der Waals surface area contributed by atoms with Crippen LogP contribution in [0.1, 0.15) is 53.9 Å². The van der Waals surface area contributed by atoms with Gasteiger partial charge < -0.3 is 4.90 Å². The highest BCUT2D eigenvalue weighted by Crippen LogP contribution is 2.54. The number of rotatable bonds is 1. The van der Waals surface area contributed by atoms with Crippen LogP contribution < -0.4 is 4.90 Å². The highest BCUT2D eigenvalue weighted by atomic mass is 16.2. The molecule has 2 aromatic rings. The van der Waals surface area contributed by atoms with Crippen LogP contribution in [0.2, 0.25) is 0 Å². The lowest BCUT2D eigenvalue weighted by molar-refractivity contribution is 0.0960. The van der Waals surface area contributed by atoms with Gasteiger partial charge >= 0.3 is 0 Å². The Balaban J connectivity index is 1.57. The molecule has 0 N–H and O–H groups in total. The summed E-state index contributed by atoms with van der Waals surface area (Å²) in [4.78, 5) is 15.4. The van der Waals surface area contributed by atoms with Gasteiger partial charge in [0.25, 0.3) is 5.91 Å². The van der Waals surface area contributed by atoms with E-state index in [0.29, 0.717) is 12.0 Å². The van der Waals surface area contributed by atoms with Crippen LogP contribution in [-0.2, 0) is 0 Å². The second-order valence-electron chi connectivity index (χ2n) is 7.70. The molecule has 0 radical (unpaired) electrons. The van der Waals surface area contributed by atoms with E-state index in [2.05, 4.69) is 29.2 Å². The maximum Gasteiger partial charge on any atom is 0.258 e. The molecule has 0 saturated heterocycles. The number of para-hydroxylation sites is 1. The Hall–Kier alpha value is -2.09. The third kappa shape index (κ3) is 2.05. The first-order valence-corrected chi connectivity index (χ1v) is 9.30. The quantitative estimate of drug-likeness (QED) is 0.724. The van der Waals surface area contributed by atoms with Crippen molar-refractivity contribution in [3.8, 4) is 0 Å². The summed E-state index contributed by atoms with van der Waals surface area (Å²) in [5.41, 5.74) is 3.36. The lowest BCUT2D eigenvalue weighted by Gasteiger charge is -2.38. The van der Waals surface area contributed by atoms with Crippen LogP contribution in [0.4, 0.5) is 5.69 Å². The van der Waals surface area contributed by atoms with Crippen LogP contribution in [-0.4, -0.2) is 11.9 Å². The van der Waals surface area contributed by atoms with Crippen molar-refractivity contribution < 1.29 is 4.79 Å². The van der Waals surface area contributed by atoms with Crippen molar-refractivity contribution in [2.24, 2.45) is 11.8 Å². The number of hydrogen-bond donors (Lipinski definition) is 0. The summed E-state index contributed by atoms with van der Waals surface area (Å²) in [7, 11) is 0. The zero-order valence-corrected chi connectivity index (χ0v) is 13.9. The largest absolute Gasteiger partial charge is 0.304 e. The molecule has 24 heavy (non-hydrogen) atoms. The molecule has 2 saturated carbocycles. The smallest absolute Gasteiger partial charge is 0.258 e. The highest BCUT2D eigenvalue weighted by Gasteiger charge is 2.48. The molecule has 2 fully saturated rings. The minimum Gasteiger partial charge on any atom is -0.304 e. The van der Waals surface area contributed by atoms with Gasteiger partial charge in [-0.05, 0) is 48.4 Å². The van der Waals surface area contributed by atoms with Crippen LogP contribution in [0.15, 0.2) is 54.6 Å². The average Bonchev–Trinajstić information content (AvgIpc) is 3.21. The van der Waals surface area contributed by atoms with Gasteiger partial charge in [-0.2, -0.15) is 0 Å². The minimum absolute atomic E-state index is 0.173. The Labute approximate surface area is 143 Å². The van der Waals surface area contributed by atoms with E-state index in [9.17, 15) is 4.79 Å². The SMILES string of the molecule is O=C(c1ccccc1)N1c2ccccc2C2CC3CCCC3CC21. The zero-order chi connectivity index (χ0) is 16.1. The van der Waals surface area contributed by atoms with E-state index in [1.165, 1.54) is 37.7 Å². The Kier molecular flexibility index (Phi) is 3.26. The maximum atomic E-state index is 13.3. The molecular weight excluding hydrogens is 294 g/mol. The van der Waals surface area contributed by atoms with Crippen LogP contribution in [0.5, 0.6) is 0 Å².